The van der Waals surface area contributed by atoms with Gasteiger partial charge in [0.1, 0.15) is 10.6 Å². The van der Waals surface area contributed by atoms with Gasteiger partial charge in [-0.2, -0.15) is 12.7 Å². The minimum absolute atomic E-state index is 0.000556. The van der Waals surface area contributed by atoms with Crippen molar-refractivity contribution < 1.29 is 31.1 Å². The van der Waals surface area contributed by atoms with Gasteiger partial charge in [0, 0.05) is 19.0 Å². The number of carbonyl (C=O) groups excluding carboxylic acids is 1. The third-order valence-corrected chi connectivity index (χ3v) is 8.90. The van der Waals surface area contributed by atoms with Gasteiger partial charge in [-0.3, -0.25) is 9.52 Å². The van der Waals surface area contributed by atoms with Gasteiger partial charge in [-0.25, -0.2) is 8.42 Å². The summed E-state index contributed by atoms with van der Waals surface area (Å²) in [5.41, 5.74) is 0.000556. The quantitative estimate of drug-likeness (QED) is 0.499. The highest BCUT2D eigenvalue weighted by molar-refractivity contribution is 7.94. The van der Waals surface area contributed by atoms with E-state index in [4.69, 9.17) is 9.47 Å². The predicted molar refractivity (Wildman–Crippen MR) is 117 cm³/mol. The lowest BCUT2D eigenvalue weighted by molar-refractivity contribution is -0.118. The number of amides is 1. The van der Waals surface area contributed by atoms with Crippen molar-refractivity contribution in [1.82, 2.24) is 14.5 Å². The second kappa shape index (κ2) is 9.66. The van der Waals surface area contributed by atoms with E-state index in [2.05, 4.69) is 20.2 Å². The molecule has 0 aliphatic carbocycles. The van der Waals surface area contributed by atoms with Gasteiger partial charge >= 0.3 is 0 Å². The van der Waals surface area contributed by atoms with E-state index in [0.717, 1.165) is 0 Å². The van der Waals surface area contributed by atoms with Crippen molar-refractivity contribution in [2.75, 3.05) is 43.5 Å². The molecule has 1 aromatic heterocycles. The smallest absolute Gasteiger partial charge is 0.291 e. The molecule has 0 bridgehead atoms. The second-order valence-electron chi connectivity index (χ2n) is 7.00. The predicted octanol–water partition coefficient (Wildman–Crippen LogP) is 0.963. The molecule has 1 saturated heterocycles. The van der Waals surface area contributed by atoms with Crippen molar-refractivity contribution in [2.45, 2.75) is 23.1 Å². The molecule has 0 saturated carbocycles. The van der Waals surface area contributed by atoms with Crippen molar-refractivity contribution in [3.05, 3.63) is 18.2 Å². The molecule has 0 unspecified atom stereocenters. The summed E-state index contributed by atoms with van der Waals surface area (Å²) in [6.45, 7) is 4.25. The van der Waals surface area contributed by atoms with Crippen molar-refractivity contribution in [2.24, 2.45) is 5.92 Å². The van der Waals surface area contributed by atoms with Crippen LogP contribution >= 0.6 is 11.3 Å². The highest BCUT2D eigenvalue weighted by Crippen LogP contribution is 2.31. The number of anilines is 2. The molecule has 0 radical (unpaired) electrons. The Morgan fingerprint density at radius 1 is 1.19 bits per heavy atom. The third kappa shape index (κ3) is 5.35. The van der Waals surface area contributed by atoms with E-state index in [1.165, 1.54) is 29.6 Å². The van der Waals surface area contributed by atoms with Crippen molar-refractivity contribution >= 4 is 48.1 Å². The van der Waals surface area contributed by atoms with Gasteiger partial charge in [0.05, 0.1) is 26.0 Å². The van der Waals surface area contributed by atoms with Crippen molar-refractivity contribution in [3.8, 4) is 5.75 Å². The van der Waals surface area contributed by atoms with Crippen LogP contribution in [0.2, 0.25) is 0 Å². The Morgan fingerprint density at radius 2 is 1.88 bits per heavy atom. The zero-order valence-corrected chi connectivity index (χ0v) is 20.0. The first kappa shape index (κ1) is 24.3. The fraction of sp³-hybridized carbons (Fsp3) is 0.471. The number of carbonyl (C=O) groups is 1. The molecule has 1 aromatic carbocycles. The summed E-state index contributed by atoms with van der Waals surface area (Å²) in [6.07, 6.45) is 0. The Balaban J connectivity index is 1.87. The number of methoxy groups -OCH3 is 1. The summed E-state index contributed by atoms with van der Waals surface area (Å²) in [5.74, 6) is -0.566. The van der Waals surface area contributed by atoms with Gasteiger partial charge in [0.25, 0.3) is 14.4 Å². The highest BCUT2D eigenvalue weighted by Gasteiger charge is 2.30. The van der Waals surface area contributed by atoms with Crippen LogP contribution in [0.1, 0.15) is 13.8 Å². The first-order valence-corrected chi connectivity index (χ1v) is 13.2. The number of hydrogen-bond donors (Lipinski definition) is 2. The van der Waals surface area contributed by atoms with E-state index in [-0.39, 0.29) is 63.9 Å². The minimum Gasteiger partial charge on any atom is -0.495 e. The van der Waals surface area contributed by atoms with Crippen LogP contribution in [0.15, 0.2) is 27.4 Å². The van der Waals surface area contributed by atoms with Gasteiger partial charge < -0.3 is 14.8 Å². The summed E-state index contributed by atoms with van der Waals surface area (Å²) in [5, 5.41) is 9.80. The molecule has 1 amide bonds. The van der Waals surface area contributed by atoms with Gasteiger partial charge in [0.2, 0.25) is 21.1 Å². The monoisotopic (exact) mass is 505 g/mol. The van der Waals surface area contributed by atoms with Crippen molar-refractivity contribution in [1.29, 1.82) is 0 Å². The average Bonchev–Trinajstić information content (AvgIpc) is 3.23. The molecule has 3 rings (SSSR count). The topological polar surface area (TPSA) is 157 Å². The molecular formula is C17H23N5O7S3. The minimum atomic E-state index is -4.18. The van der Waals surface area contributed by atoms with E-state index >= 15 is 0 Å². The first-order valence-electron chi connectivity index (χ1n) is 9.47. The zero-order chi connectivity index (χ0) is 23.5. The van der Waals surface area contributed by atoms with Crippen LogP contribution in [0.3, 0.4) is 0 Å². The van der Waals surface area contributed by atoms with E-state index in [0.29, 0.717) is 11.3 Å². The van der Waals surface area contributed by atoms with Crippen molar-refractivity contribution in [3.63, 3.8) is 0 Å². The molecule has 15 heteroatoms. The molecule has 12 nitrogen and oxygen atoms in total. The maximum absolute atomic E-state index is 13.1. The van der Waals surface area contributed by atoms with Gasteiger partial charge in [-0.15, -0.1) is 10.2 Å². The molecular weight excluding hydrogens is 482 g/mol. The first-order chi connectivity index (χ1) is 15.0. The van der Waals surface area contributed by atoms with Crippen LogP contribution in [-0.4, -0.2) is 70.7 Å². The molecule has 1 aliphatic heterocycles. The van der Waals surface area contributed by atoms with Gasteiger partial charge in [-0.1, -0.05) is 25.2 Å². The van der Waals surface area contributed by atoms with E-state index in [9.17, 15) is 21.6 Å². The molecule has 1 aliphatic rings. The number of sulfonamides is 2. The van der Waals surface area contributed by atoms with Crippen LogP contribution < -0.4 is 14.8 Å². The molecule has 32 heavy (non-hydrogen) atoms. The highest BCUT2D eigenvalue weighted by atomic mass is 32.2. The number of nitrogens with zero attached hydrogens (tertiary/aromatic N) is 3. The molecule has 0 atom stereocenters. The van der Waals surface area contributed by atoms with Crippen LogP contribution in [0.25, 0.3) is 0 Å². The molecule has 0 spiro atoms. The van der Waals surface area contributed by atoms with E-state index < -0.39 is 20.0 Å². The summed E-state index contributed by atoms with van der Waals surface area (Å²) >= 11 is 0.675. The Morgan fingerprint density at radius 3 is 2.50 bits per heavy atom. The molecule has 2 aromatic rings. The fourth-order valence-electron chi connectivity index (χ4n) is 2.69. The second-order valence-corrected chi connectivity index (χ2v) is 11.7. The maximum atomic E-state index is 13.1. The summed E-state index contributed by atoms with van der Waals surface area (Å²) < 4.78 is 65.1. The van der Waals surface area contributed by atoms with E-state index in [1.807, 2.05) is 0 Å². The SMILES string of the molecule is COc1ccc(NS(=O)(=O)c2nnc(NC(=O)C(C)C)s2)cc1S(=O)(=O)N1CCOCC1. The van der Waals surface area contributed by atoms with Gasteiger partial charge in [-0.05, 0) is 18.2 Å². The number of ether oxygens (including phenoxy) is 2. The average molecular weight is 506 g/mol. The summed E-state index contributed by atoms with van der Waals surface area (Å²) in [6, 6.07) is 3.92. The Hall–Kier alpha value is -2.33. The lowest BCUT2D eigenvalue weighted by atomic mass is 10.2. The zero-order valence-electron chi connectivity index (χ0n) is 17.6. The number of hydrogen-bond acceptors (Lipinski definition) is 10. The van der Waals surface area contributed by atoms with Crippen LogP contribution in [0.5, 0.6) is 5.75 Å². The van der Waals surface area contributed by atoms with Gasteiger partial charge in [0.15, 0.2) is 0 Å². The van der Waals surface area contributed by atoms with Crippen LogP contribution in [0.4, 0.5) is 10.8 Å². The standard InChI is InChI=1S/C17H23N5O7S3/c1-11(2)15(23)18-16-19-20-17(30-16)31(24,25)21-12-4-5-13(28-3)14(10-12)32(26,27)22-6-8-29-9-7-22/h4-5,10-11,21H,6-9H2,1-3H3,(H,18,19,23). The fourth-order valence-corrected chi connectivity index (χ4v) is 6.23. The lowest BCUT2D eigenvalue weighted by Crippen LogP contribution is -2.40. The van der Waals surface area contributed by atoms with Crippen LogP contribution in [-0.2, 0) is 29.6 Å². The largest absolute Gasteiger partial charge is 0.495 e. The Kier molecular flexibility index (Phi) is 7.34. The number of benzene rings is 1. The Bertz CT molecular complexity index is 1190. The Labute approximate surface area is 190 Å². The molecule has 2 heterocycles. The number of nitrogens with one attached hydrogen (secondary N) is 2. The number of morpholine rings is 1. The molecule has 176 valence electrons. The summed E-state index contributed by atoms with van der Waals surface area (Å²) in [4.78, 5) is 11.6. The lowest BCUT2D eigenvalue weighted by Gasteiger charge is -2.26. The third-order valence-electron chi connectivity index (χ3n) is 4.39. The summed E-state index contributed by atoms with van der Waals surface area (Å²) in [7, 11) is -6.80. The number of aromatic nitrogens is 2. The maximum Gasteiger partial charge on any atom is 0.291 e. The molecule has 1 fully saturated rings. The number of rotatable bonds is 8. The van der Waals surface area contributed by atoms with Crippen LogP contribution in [0, 0.1) is 5.92 Å². The normalized spacial score (nSPS) is 15.5. The van der Waals surface area contributed by atoms with E-state index in [1.54, 1.807) is 13.8 Å². The molecule has 2 N–H and O–H groups in total.